The van der Waals surface area contributed by atoms with E-state index in [2.05, 4.69) is 16.4 Å². The van der Waals surface area contributed by atoms with Crippen LogP contribution in [-0.4, -0.2) is 36.6 Å². The van der Waals surface area contributed by atoms with Crippen molar-refractivity contribution in [3.8, 4) is 0 Å². The highest BCUT2D eigenvalue weighted by atomic mass is 33.1. The summed E-state index contributed by atoms with van der Waals surface area (Å²) >= 11 is 3.75. The highest BCUT2D eigenvalue weighted by Crippen LogP contribution is 2.02. The molecule has 7 heteroatoms. The zero-order valence-corrected chi connectivity index (χ0v) is 9.01. The maximum Gasteiger partial charge on any atom is 0.410 e. The molecule has 0 aromatic rings. The second-order valence-corrected chi connectivity index (χ2v) is 3.45. The average Bonchev–Trinajstić information content (AvgIpc) is 2.52. The summed E-state index contributed by atoms with van der Waals surface area (Å²) in [7, 11) is 0.931. The first-order chi connectivity index (χ1) is 6.74. The van der Waals surface area contributed by atoms with E-state index in [0.717, 1.165) is 11.0 Å². The molecule has 1 N–H and O–H groups in total. The Morgan fingerprint density at radius 2 is 2.57 bits per heavy atom. The molecular weight excluding hydrogens is 224 g/mol. The van der Waals surface area contributed by atoms with Crippen LogP contribution in [0.1, 0.15) is 0 Å². The first kappa shape index (κ1) is 11.3. The lowest BCUT2D eigenvalue weighted by Gasteiger charge is -2.07. The molecule has 0 atom stereocenters. The van der Waals surface area contributed by atoms with Crippen LogP contribution in [0.2, 0.25) is 0 Å². The number of carbonyl (C=O) groups excluding carboxylic acids is 2. The smallest absolute Gasteiger partial charge is 0.410 e. The van der Waals surface area contributed by atoms with Gasteiger partial charge in [-0.25, -0.2) is 4.79 Å². The summed E-state index contributed by atoms with van der Waals surface area (Å²) in [6.07, 6.45) is 2.62. The standard InChI is InChI=1S/C7H10N2O3S2/c10-6(8-14-13)2-1-3-9-4-5-12-7(9)11/h1-2,13H,3-5H2,(H,8,10)/b2-1+. The van der Waals surface area contributed by atoms with Crippen LogP contribution in [0.25, 0.3) is 0 Å². The van der Waals surface area contributed by atoms with Crippen molar-refractivity contribution >= 4 is 34.6 Å². The summed E-state index contributed by atoms with van der Waals surface area (Å²) < 4.78 is 7.11. The normalized spacial score (nSPS) is 16.1. The molecule has 0 spiro atoms. The van der Waals surface area contributed by atoms with E-state index < -0.39 is 0 Å². The van der Waals surface area contributed by atoms with E-state index in [9.17, 15) is 9.59 Å². The maximum atomic E-state index is 10.9. The van der Waals surface area contributed by atoms with Crippen LogP contribution < -0.4 is 4.72 Å². The molecule has 0 aromatic heterocycles. The number of rotatable bonds is 4. The number of nitrogens with zero attached hydrogens (tertiary/aromatic N) is 1. The summed E-state index contributed by atoms with van der Waals surface area (Å²) in [5.41, 5.74) is 0. The number of nitrogens with one attached hydrogen (secondary N) is 1. The Morgan fingerprint density at radius 3 is 3.14 bits per heavy atom. The Morgan fingerprint density at radius 1 is 1.79 bits per heavy atom. The lowest BCUT2D eigenvalue weighted by Crippen LogP contribution is -2.24. The fourth-order valence-electron chi connectivity index (χ4n) is 0.958. The topological polar surface area (TPSA) is 58.6 Å². The van der Waals surface area contributed by atoms with Crippen LogP contribution in [0.15, 0.2) is 12.2 Å². The second kappa shape index (κ2) is 5.82. The summed E-state index contributed by atoms with van der Waals surface area (Å²) in [5, 5.41) is 0. The van der Waals surface area contributed by atoms with Gasteiger partial charge in [0.15, 0.2) is 0 Å². The third-order valence-corrected chi connectivity index (χ3v) is 2.15. The van der Waals surface area contributed by atoms with Crippen LogP contribution in [0.3, 0.4) is 0 Å². The van der Waals surface area contributed by atoms with Gasteiger partial charge in [-0.2, -0.15) is 0 Å². The second-order valence-electron chi connectivity index (χ2n) is 2.52. The fourth-order valence-corrected chi connectivity index (χ4v) is 1.39. The minimum absolute atomic E-state index is 0.252. The molecular formula is C7H10N2O3S2. The molecule has 0 saturated carbocycles. The molecule has 1 saturated heterocycles. The summed E-state index contributed by atoms with van der Waals surface area (Å²) in [5.74, 6) is -0.252. The van der Waals surface area contributed by atoms with Crippen molar-refractivity contribution in [1.29, 1.82) is 0 Å². The van der Waals surface area contributed by atoms with Crippen molar-refractivity contribution < 1.29 is 14.3 Å². The number of cyclic esters (lactones) is 1. The lowest BCUT2D eigenvalue weighted by molar-refractivity contribution is -0.114. The van der Waals surface area contributed by atoms with Crippen LogP contribution >= 0.6 is 22.6 Å². The molecule has 0 unspecified atom stereocenters. The summed E-state index contributed by atoms with van der Waals surface area (Å²) in [4.78, 5) is 23.3. The van der Waals surface area contributed by atoms with Crippen LogP contribution in [0, 0.1) is 0 Å². The molecule has 2 amide bonds. The van der Waals surface area contributed by atoms with E-state index in [1.54, 1.807) is 6.08 Å². The number of amides is 2. The Hall–Kier alpha value is -0.820. The van der Waals surface area contributed by atoms with Gasteiger partial charge in [-0.05, 0) is 0 Å². The highest BCUT2D eigenvalue weighted by Gasteiger charge is 2.19. The molecule has 0 bridgehead atoms. The van der Waals surface area contributed by atoms with Crippen molar-refractivity contribution in [2.24, 2.45) is 0 Å². The third kappa shape index (κ3) is 3.51. The van der Waals surface area contributed by atoms with E-state index in [-0.39, 0.29) is 12.0 Å². The molecule has 0 radical (unpaired) electrons. The number of thiol groups is 1. The monoisotopic (exact) mass is 234 g/mol. The molecule has 78 valence electrons. The number of hydrogen-bond acceptors (Lipinski definition) is 5. The number of carbonyl (C=O) groups is 2. The van der Waals surface area contributed by atoms with E-state index in [1.165, 1.54) is 11.0 Å². The quantitative estimate of drug-likeness (QED) is 0.324. The fraction of sp³-hybridized carbons (Fsp3) is 0.429. The Labute approximate surface area is 90.8 Å². The molecule has 1 aliphatic heterocycles. The summed E-state index contributed by atoms with van der Waals surface area (Å²) in [6.45, 7) is 1.39. The molecule has 1 fully saturated rings. The van der Waals surface area contributed by atoms with Gasteiger partial charge in [0, 0.05) is 23.6 Å². The van der Waals surface area contributed by atoms with Crippen molar-refractivity contribution in [3.05, 3.63) is 12.2 Å². The van der Waals surface area contributed by atoms with Crippen molar-refractivity contribution in [2.75, 3.05) is 19.7 Å². The highest BCUT2D eigenvalue weighted by molar-refractivity contribution is 8.68. The van der Waals surface area contributed by atoms with Gasteiger partial charge in [0.25, 0.3) is 5.91 Å². The van der Waals surface area contributed by atoms with E-state index in [0.29, 0.717) is 19.7 Å². The van der Waals surface area contributed by atoms with E-state index in [1.807, 2.05) is 0 Å². The van der Waals surface area contributed by atoms with Crippen molar-refractivity contribution in [3.63, 3.8) is 0 Å². The Bertz CT molecular complexity index is 257. The molecule has 0 aromatic carbocycles. The van der Waals surface area contributed by atoms with Gasteiger partial charge in [-0.3, -0.25) is 9.52 Å². The average molecular weight is 234 g/mol. The van der Waals surface area contributed by atoms with Gasteiger partial charge in [-0.1, -0.05) is 17.7 Å². The molecule has 14 heavy (non-hydrogen) atoms. The first-order valence-electron chi connectivity index (χ1n) is 3.92. The van der Waals surface area contributed by atoms with Crippen LogP contribution in [-0.2, 0) is 9.53 Å². The molecule has 1 heterocycles. The van der Waals surface area contributed by atoms with Crippen molar-refractivity contribution in [1.82, 2.24) is 9.62 Å². The predicted molar refractivity (Wildman–Crippen MR) is 56.8 cm³/mol. The zero-order valence-electron chi connectivity index (χ0n) is 7.30. The molecule has 5 nitrogen and oxygen atoms in total. The Balaban J connectivity index is 2.25. The van der Waals surface area contributed by atoms with E-state index in [4.69, 9.17) is 4.74 Å². The predicted octanol–water partition coefficient (Wildman–Crippen LogP) is 0.604. The van der Waals surface area contributed by atoms with Crippen LogP contribution in [0.4, 0.5) is 4.79 Å². The largest absolute Gasteiger partial charge is 0.448 e. The van der Waals surface area contributed by atoms with Crippen molar-refractivity contribution in [2.45, 2.75) is 0 Å². The Kier molecular flexibility index (Phi) is 4.68. The van der Waals surface area contributed by atoms with Gasteiger partial charge < -0.3 is 9.64 Å². The SMILES string of the molecule is O=C(/C=C/CN1CCOC1=O)NSS. The molecule has 1 rings (SSSR count). The number of ether oxygens (including phenoxy) is 1. The zero-order chi connectivity index (χ0) is 10.4. The summed E-state index contributed by atoms with van der Waals surface area (Å²) in [6, 6.07) is 0. The molecule has 1 aliphatic rings. The third-order valence-electron chi connectivity index (χ3n) is 1.59. The molecule has 0 aliphatic carbocycles. The van der Waals surface area contributed by atoms with Crippen LogP contribution in [0.5, 0.6) is 0 Å². The van der Waals surface area contributed by atoms with Gasteiger partial charge in [0.1, 0.15) is 6.61 Å². The minimum atomic E-state index is -0.335. The first-order valence-corrected chi connectivity index (χ1v) is 5.79. The van der Waals surface area contributed by atoms with Gasteiger partial charge in [-0.15, -0.1) is 0 Å². The van der Waals surface area contributed by atoms with Gasteiger partial charge in [0.2, 0.25) is 0 Å². The lowest BCUT2D eigenvalue weighted by atomic mass is 10.4. The van der Waals surface area contributed by atoms with Gasteiger partial charge >= 0.3 is 6.09 Å². The van der Waals surface area contributed by atoms with E-state index >= 15 is 0 Å². The maximum absolute atomic E-state index is 10.9. The minimum Gasteiger partial charge on any atom is -0.448 e. The van der Waals surface area contributed by atoms with Gasteiger partial charge in [0.05, 0.1) is 6.54 Å². The number of hydrogen-bond donors (Lipinski definition) is 2.